The van der Waals surface area contributed by atoms with Crippen molar-refractivity contribution in [2.75, 3.05) is 18.4 Å². The van der Waals surface area contributed by atoms with Crippen molar-refractivity contribution < 1.29 is 9.59 Å². The lowest BCUT2D eigenvalue weighted by atomic mass is 9.94. The minimum atomic E-state index is -0.121. The number of carbonyl (C=O) groups is 2. The Kier molecular flexibility index (Phi) is 6.43. The smallest absolute Gasteiger partial charge is 0.254 e. The molecule has 3 heterocycles. The van der Waals surface area contributed by atoms with Gasteiger partial charge in [0.25, 0.3) is 5.91 Å². The fraction of sp³-hybridized carbons (Fsp3) is 0.333. The van der Waals surface area contributed by atoms with Crippen LogP contribution in [0.15, 0.2) is 66.7 Å². The van der Waals surface area contributed by atoms with Crippen molar-refractivity contribution in [2.24, 2.45) is 5.92 Å². The van der Waals surface area contributed by atoms with Gasteiger partial charge in [0.05, 0.1) is 0 Å². The van der Waals surface area contributed by atoms with Gasteiger partial charge in [-0.05, 0) is 54.7 Å². The number of nitrogens with one attached hydrogen (secondary N) is 1. The third-order valence-electron chi connectivity index (χ3n) is 7.67. The molecule has 0 bridgehead atoms. The van der Waals surface area contributed by atoms with Crippen LogP contribution in [0.5, 0.6) is 0 Å². The van der Waals surface area contributed by atoms with Crippen LogP contribution in [-0.4, -0.2) is 44.6 Å². The zero-order valence-corrected chi connectivity index (χ0v) is 20.9. The molecule has 0 saturated carbocycles. The molecule has 4 aromatic rings. The number of likely N-dealkylation sites (tertiary alicyclic amines) is 1. The quantitative estimate of drug-likeness (QED) is 0.418. The summed E-state index contributed by atoms with van der Waals surface area (Å²) in [5.74, 6) is 1.84. The van der Waals surface area contributed by atoms with Crippen molar-refractivity contribution in [3.05, 3.63) is 78.1 Å². The second-order valence-electron chi connectivity index (χ2n) is 10.1. The Hall–Kier alpha value is -4.00. The fourth-order valence-corrected chi connectivity index (χ4v) is 5.61. The molecule has 6 rings (SSSR count). The van der Waals surface area contributed by atoms with Crippen molar-refractivity contribution in [3.63, 3.8) is 0 Å². The second-order valence-corrected chi connectivity index (χ2v) is 10.1. The molecule has 0 unspecified atom stereocenters. The average molecular weight is 494 g/mol. The van der Waals surface area contributed by atoms with E-state index in [9.17, 15) is 9.59 Å². The maximum Gasteiger partial charge on any atom is 0.254 e. The van der Waals surface area contributed by atoms with Gasteiger partial charge in [-0.25, -0.2) is 0 Å². The van der Waals surface area contributed by atoms with Crippen LogP contribution in [0, 0.1) is 5.92 Å². The number of piperidine rings is 1. The summed E-state index contributed by atoms with van der Waals surface area (Å²) in [5.41, 5.74) is 2.46. The number of amides is 2. The lowest BCUT2D eigenvalue weighted by Crippen LogP contribution is -2.41. The van der Waals surface area contributed by atoms with Crippen LogP contribution in [0.3, 0.4) is 0 Å². The highest BCUT2D eigenvalue weighted by atomic mass is 16.2. The summed E-state index contributed by atoms with van der Waals surface area (Å²) in [6.45, 7) is 2.09. The molecular formula is C30H31N5O2. The van der Waals surface area contributed by atoms with E-state index in [-0.39, 0.29) is 17.7 Å². The predicted octanol–water partition coefficient (Wildman–Crippen LogP) is 5.32. The lowest BCUT2D eigenvalue weighted by molar-refractivity contribution is -0.121. The number of hydrogen-bond acceptors (Lipinski definition) is 4. The summed E-state index contributed by atoms with van der Waals surface area (Å²) in [4.78, 5) is 28.3. The average Bonchev–Trinajstić information content (AvgIpc) is 3.20. The topological polar surface area (TPSA) is 80.1 Å². The number of aryl methyl sites for hydroxylation is 1. The van der Waals surface area contributed by atoms with E-state index in [4.69, 9.17) is 0 Å². The highest BCUT2D eigenvalue weighted by Gasteiger charge is 2.28. The molecule has 3 aromatic carbocycles. The van der Waals surface area contributed by atoms with Crippen molar-refractivity contribution in [1.29, 1.82) is 0 Å². The molecule has 7 nitrogen and oxygen atoms in total. The van der Waals surface area contributed by atoms with Crippen molar-refractivity contribution in [1.82, 2.24) is 19.7 Å². The summed E-state index contributed by atoms with van der Waals surface area (Å²) in [5, 5.41) is 14.0. The van der Waals surface area contributed by atoms with Crippen LogP contribution < -0.4 is 5.32 Å². The highest BCUT2D eigenvalue weighted by Crippen LogP contribution is 2.27. The van der Waals surface area contributed by atoms with Crippen molar-refractivity contribution in [3.8, 4) is 11.4 Å². The van der Waals surface area contributed by atoms with Gasteiger partial charge in [0.1, 0.15) is 5.82 Å². The number of anilines is 1. The summed E-state index contributed by atoms with van der Waals surface area (Å²) in [6.07, 6.45) is 5.77. The molecular weight excluding hydrogens is 462 g/mol. The van der Waals surface area contributed by atoms with Gasteiger partial charge in [-0.3, -0.25) is 9.59 Å². The van der Waals surface area contributed by atoms with Crippen LogP contribution in [0.25, 0.3) is 22.2 Å². The minimum absolute atomic E-state index is 0.00878. The van der Waals surface area contributed by atoms with E-state index in [0.717, 1.165) is 65.0 Å². The molecule has 0 radical (unpaired) electrons. The summed E-state index contributed by atoms with van der Waals surface area (Å²) in [7, 11) is 0. The third kappa shape index (κ3) is 4.73. The number of hydrogen-bond donors (Lipinski definition) is 1. The number of aromatic nitrogens is 3. The van der Waals surface area contributed by atoms with E-state index < -0.39 is 0 Å². The van der Waals surface area contributed by atoms with E-state index in [2.05, 4.69) is 20.1 Å². The molecule has 1 aromatic heterocycles. The molecule has 0 atom stereocenters. The van der Waals surface area contributed by atoms with Gasteiger partial charge >= 0.3 is 0 Å². The summed E-state index contributed by atoms with van der Waals surface area (Å²) >= 11 is 0. The Morgan fingerprint density at radius 3 is 2.54 bits per heavy atom. The Morgan fingerprint density at radius 2 is 1.65 bits per heavy atom. The van der Waals surface area contributed by atoms with Gasteiger partial charge in [0, 0.05) is 48.8 Å². The summed E-state index contributed by atoms with van der Waals surface area (Å²) < 4.78 is 2.22. The van der Waals surface area contributed by atoms with Crippen LogP contribution in [0.2, 0.25) is 0 Å². The first-order valence-electron chi connectivity index (χ1n) is 13.3. The SMILES string of the molecule is O=C(Nc1cccc(-c2nnc3n2CCCCC3)c1)C1CCN(C(=O)c2cccc3ccccc23)CC1. The van der Waals surface area contributed by atoms with Crippen molar-refractivity contribution >= 4 is 28.3 Å². The molecule has 0 aliphatic carbocycles. The molecule has 2 aliphatic heterocycles. The van der Waals surface area contributed by atoms with Crippen LogP contribution in [0.1, 0.15) is 48.3 Å². The van der Waals surface area contributed by atoms with Gasteiger partial charge in [0.15, 0.2) is 5.82 Å². The number of nitrogens with zero attached hydrogens (tertiary/aromatic N) is 4. The fourth-order valence-electron chi connectivity index (χ4n) is 5.61. The first-order chi connectivity index (χ1) is 18.2. The minimum Gasteiger partial charge on any atom is -0.339 e. The molecule has 37 heavy (non-hydrogen) atoms. The van der Waals surface area contributed by atoms with E-state index in [1.807, 2.05) is 71.6 Å². The van der Waals surface area contributed by atoms with Crippen LogP contribution in [-0.2, 0) is 17.8 Å². The zero-order chi connectivity index (χ0) is 25.2. The van der Waals surface area contributed by atoms with Gasteiger partial charge in [-0.15, -0.1) is 10.2 Å². The maximum atomic E-state index is 13.3. The lowest BCUT2D eigenvalue weighted by Gasteiger charge is -2.31. The predicted molar refractivity (Wildman–Crippen MR) is 144 cm³/mol. The molecule has 0 spiro atoms. The number of fused-ring (bicyclic) bond motifs is 2. The Morgan fingerprint density at radius 1 is 0.838 bits per heavy atom. The zero-order valence-electron chi connectivity index (χ0n) is 20.9. The van der Waals surface area contributed by atoms with Crippen LogP contribution >= 0.6 is 0 Å². The van der Waals surface area contributed by atoms with E-state index in [0.29, 0.717) is 25.9 Å². The van der Waals surface area contributed by atoms with Gasteiger partial charge < -0.3 is 14.8 Å². The summed E-state index contributed by atoms with van der Waals surface area (Å²) in [6, 6.07) is 21.7. The number of rotatable bonds is 4. The molecule has 1 fully saturated rings. The monoisotopic (exact) mass is 493 g/mol. The Balaban J connectivity index is 1.10. The first-order valence-corrected chi connectivity index (χ1v) is 13.3. The first kappa shape index (κ1) is 23.4. The third-order valence-corrected chi connectivity index (χ3v) is 7.67. The van der Waals surface area contributed by atoms with E-state index in [1.54, 1.807) is 0 Å². The molecule has 7 heteroatoms. The molecule has 1 N–H and O–H groups in total. The number of carbonyl (C=O) groups excluding carboxylic acids is 2. The normalized spacial score (nSPS) is 16.3. The largest absolute Gasteiger partial charge is 0.339 e. The molecule has 2 aliphatic rings. The van der Waals surface area contributed by atoms with E-state index >= 15 is 0 Å². The van der Waals surface area contributed by atoms with Gasteiger partial charge in [-0.2, -0.15) is 0 Å². The van der Waals surface area contributed by atoms with Gasteiger partial charge in [-0.1, -0.05) is 55.0 Å². The maximum absolute atomic E-state index is 13.3. The standard InChI is InChI=1S/C30H31N5O2/c36-29(31-24-11-6-10-23(20-24)28-33-32-27-14-2-1-5-17-35(27)28)22-15-18-34(19-16-22)30(37)26-13-7-9-21-8-3-4-12-25(21)26/h3-4,6-13,20,22H,1-2,5,14-19H2,(H,31,36). The van der Waals surface area contributed by atoms with E-state index in [1.165, 1.54) is 6.42 Å². The molecule has 2 amide bonds. The molecule has 1 saturated heterocycles. The Bertz CT molecular complexity index is 1450. The molecule has 188 valence electrons. The number of benzene rings is 3. The van der Waals surface area contributed by atoms with Crippen LogP contribution in [0.4, 0.5) is 5.69 Å². The second kappa shape index (κ2) is 10.2. The Labute approximate surface area is 216 Å². The highest BCUT2D eigenvalue weighted by molar-refractivity contribution is 6.07. The van der Waals surface area contributed by atoms with Gasteiger partial charge in [0.2, 0.25) is 5.91 Å². The van der Waals surface area contributed by atoms with Crippen molar-refractivity contribution in [2.45, 2.75) is 45.1 Å².